The van der Waals surface area contributed by atoms with Gasteiger partial charge in [-0.3, -0.25) is 0 Å². The number of carbonyl (C=O) groups excluding carboxylic acids is 1. The second kappa shape index (κ2) is 8.71. The largest absolute Gasteiger partial charge is 0.423 e. The molecule has 2 nitrogen and oxygen atoms in total. The summed E-state index contributed by atoms with van der Waals surface area (Å²) in [5.41, 5.74) is 1.76. The second-order valence-electron chi connectivity index (χ2n) is 8.43. The lowest BCUT2D eigenvalue weighted by atomic mass is 9.64. The fraction of sp³-hybridized carbons (Fsp3) is 0.400. The van der Waals surface area contributed by atoms with Crippen molar-refractivity contribution in [3.05, 3.63) is 77.1 Å². The van der Waals surface area contributed by atoms with Crippen molar-refractivity contribution in [3.63, 3.8) is 0 Å². The Kier molecular flexibility index (Phi) is 6.05. The summed E-state index contributed by atoms with van der Waals surface area (Å²) in [5.74, 6) is 1.97. The van der Waals surface area contributed by atoms with Crippen LogP contribution < -0.4 is 4.74 Å². The first kappa shape index (κ1) is 20.2. The number of hydrogen-bond acceptors (Lipinski definition) is 2. The van der Waals surface area contributed by atoms with Crippen LogP contribution in [-0.4, -0.2) is 5.97 Å². The smallest absolute Gasteiger partial charge is 0.343 e. The molecule has 2 aliphatic rings. The molecular formula is C25H26ClFO2. The highest BCUT2D eigenvalue weighted by Gasteiger charge is 2.35. The molecule has 0 spiro atoms. The van der Waals surface area contributed by atoms with Gasteiger partial charge in [0, 0.05) is 6.07 Å². The lowest BCUT2D eigenvalue weighted by Gasteiger charge is -2.41. The maximum atomic E-state index is 13.5. The van der Waals surface area contributed by atoms with E-state index in [1.165, 1.54) is 56.2 Å². The van der Waals surface area contributed by atoms with Gasteiger partial charge in [0.2, 0.25) is 0 Å². The average Bonchev–Trinajstić information content (AvgIpc) is 2.75. The van der Waals surface area contributed by atoms with Gasteiger partial charge in [-0.25, -0.2) is 9.18 Å². The van der Waals surface area contributed by atoms with Crippen LogP contribution in [0.1, 0.15) is 60.4 Å². The van der Waals surface area contributed by atoms with Gasteiger partial charge in [-0.15, -0.1) is 6.58 Å². The highest BCUT2D eigenvalue weighted by molar-refractivity contribution is 6.30. The van der Waals surface area contributed by atoms with Crippen molar-refractivity contribution in [2.24, 2.45) is 17.8 Å². The van der Waals surface area contributed by atoms with E-state index in [0.29, 0.717) is 17.4 Å². The summed E-state index contributed by atoms with van der Waals surface area (Å²) < 4.78 is 18.8. The molecule has 0 bridgehead atoms. The van der Waals surface area contributed by atoms with Crippen LogP contribution in [0.3, 0.4) is 0 Å². The number of rotatable bonds is 4. The first-order chi connectivity index (χ1) is 14.0. The molecule has 0 saturated heterocycles. The van der Waals surface area contributed by atoms with Crippen LogP contribution in [0.15, 0.2) is 55.1 Å². The van der Waals surface area contributed by atoms with Gasteiger partial charge >= 0.3 is 5.97 Å². The van der Waals surface area contributed by atoms with Crippen LogP contribution in [0.25, 0.3) is 0 Å². The summed E-state index contributed by atoms with van der Waals surface area (Å²) >= 11 is 5.66. The van der Waals surface area contributed by atoms with E-state index >= 15 is 0 Å². The standard InChI is InChI=1S/C25H26ClFO2/c1-2-16-3-4-21-14-20(10-9-19(21)13-16)17-5-7-18(8-6-17)25(28)29-22-11-12-23(26)24(27)15-22/h2,5-8,11-12,15-16,19-21H,1,3-4,9-10,13-14H2. The van der Waals surface area contributed by atoms with Gasteiger partial charge in [-0.2, -0.15) is 0 Å². The minimum atomic E-state index is -0.606. The van der Waals surface area contributed by atoms with Crippen molar-refractivity contribution in [1.29, 1.82) is 0 Å². The zero-order chi connectivity index (χ0) is 20.4. The Morgan fingerprint density at radius 2 is 1.76 bits per heavy atom. The van der Waals surface area contributed by atoms with Crippen molar-refractivity contribution in [3.8, 4) is 5.75 Å². The number of fused-ring (bicyclic) bond motifs is 1. The molecule has 0 heterocycles. The van der Waals surface area contributed by atoms with Crippen molar-refractivity contribution in [1.82, 2.24) is 0 Å². The molecule has 0 aliphatic heterocycles. The van der Waals surface area contributed by atoms with Gasteiger partial charge in [-0.1, -0.05) is 29.8 Å². The Bertz CT molecular complexity index is 892. The van der Waals surface area contributed by atoms with Gasteiger partial charge in [0.25, 0.3) is 0 Å². The Morgan fingerprint density at radius 1 is 1.03 bits per heavy atom. The van der Waals surface area contributed by atoms with Gasteiger partial charge in [0.05, 0.1) is 10.6 Å². The lowest BCUT2D eigenvalue weighted by Crippen LogP contribution is -2.29. The fourth-order valence-corrected chi connectivity index (χ4v) is 5.16. The molecule has 29 heavy (non-hydrogen) atoms. The number of benzene rings is 2. The minimum absolute atomic E-state index is 0.00171. The van der Waals surface area contributed by atoms with E-state index in [1.807, 2.05) is 24.3 Å². The van der Waals surface area contributed by atoms with E-state index in [2.05, 4.69) is 12.7 Å². The van der Waals surface area contributed by atoms with E-state index in [0.717, 1.165) is 17.9 Å². The normalized spacial score (nSPS) is 26.4. The van der Waals surface area contributed by atoms with Crippen LogP contribution in [0.4, 0.5) is 4.39 Å². The Balaban J connectivity index is 1.38. The zero-order valence-corrected chi connectivity index (χ0v) is 17.2. The van der Waals surface area contributed by atoms with Crippen molar-refractivity contribution >= 4 is 17.6 Å². The maximum Gasteiger partial charge on any atom is 0.343 e. The topological polar surface area (TPSA) is 26.3 Å². The van der Waals surface area contributed by atoms with E-state index in [-0.39, 0.29) is 10.8 Å². The Hall–Kier alpha value is -2.13. The quantitative estimate of drug-likeness (QED) is 0.302. The van der Waals surface area contributed by atoms with Crippen molar-refractivity contribution in [2.45, 2.75) is 44.4 Å². The highest BCUT2D eigenvalue weighted by Crippen LogP contribution is 2.47. The lowest BCUT2D eigenvalue weighted by molar-refractivity contribution is 0.0734. The van der Waals surface area contributed by atoms with Crippen LogP contribution in [-0.2, 0) is 0 Å². The van der Waals surface area contributed by atoms with Crippen molar-refractivity contribution in [2.75, 3.05) is 0 Å². The van der Waals surface area contributed by atoms with Crippen LogP contribution in [0.2, 0.25) is 5.02 Å². The number of carbonyl (C=O) groups is 1. The molecule has 4 rings (SSSR count). The van der Waals surface area contributed by atoms with E-state index < -0.39 is 11.8 Å². The SMILES string of the molecule is C=CC1CCC2CC(c3ccc(C(=O)Oc4ccc(Cl)c(F)c4)cc3)CCC2C1. The molecule has 2 aliphatic carbocycles. The van der Waals surface area contributed by atoms with E-state index in [9.17, 15) is 9.18 Å². The number of esters is 1. The summed E-state index contributed by atoms with van der Waals surface area (Å²) in [6, 6.07) is 11.7. The summed E-state index contributed by atoms with van der Waals surface area (Å²) in [5, 5.41) is 0.00171. The van der Waals surface area contributed by atoms with Gasteiger partial charge in [-0.05, 0) is 92.0 Å². The first-order valence-electron chi connectivity index (χ1n) is 10.4. The molecule has 152 valence electrons. The fourth-order valence-electron chi connectivity index (χ4n) is 5.04. The Labute approximate surface area is 176 Å². The van der Waals surface area contributed by atoms with Crippen LogP contribution in [0.5, 0.6) is 5.75 Å². The van der Waals surface area contributed by atoms with Gasteiger partial charge in [0.15, 0.2) is 0 Å². The monoisotopic (exact) mass is 412 g/mol. The number of allylic oxidation sites excluding steroid dienone is 1. The molecule has 2 fully saturated rings. The molecule has 2 saturated carbocycles. The predicted molar refractivity (Wildman–Crippen MR) is 114 cm³/mol. The third kappa shape index (κ3) is 4.56. The molecule has 2 aromatic carbocycles. The summed E-state index contributed by atoms with van der Waals surface area (Å²) in [4.78, 5) is 12.4. The zero-order valence-electron chi connectivity index (χ0n) is 16.5. The van der Waals surface area contributed by atoms with E-state index in [4.69, 9.17) is 16.3 Å². The van der Waals surface area contributed by atoms with E-state index in [1.54, 1.807) is 0 Å². The average molecular weight is 413 g/mol. The third-order valence-electron chi connectivity index (χ3n) is 6.71. The molecule has 0 N–H and O–H groups in total. The highest BCUT2D eigenvalue weighted by atomic mass is 35.5. The molecule has 0 amide bonds. The number of hydrogen-bond donors (Lipinski definition) is 0. The third-order valence-corrected chi connectivity index (χ3v) is 7.01. The van der Waals surface area contributed by atoms with Gasteiger partial charge < -0.3 is 4.74 Å². The molecule has 0 aromatic heterocycles. The first-order valence-corrected chi connectivity index (χ1v) is 10.8. The van der Waals surface area contributed by atoms with Crippen LogP contribution in [0, 0.1) is 23.6 Å². The van der Waals surface area contributed by atoms with Gasteiger partial charge in [0.1, 0.15) is 11.6 Å². The van der Waals surface area contributed by atoms with Crippen LogP contribution >= 0.6 is 11.6 Å². The number of halogens is 2. The number of ether oxygens (including phenoxy) is 1. The van der Waals surface area contributed by atoms with Crippen molar-refractivity contribution < 1.29 is 13.9 Å². The molecule has 4 atom stereocenters. The molecule has 2 aromatic rings. The maximum absolute atomic E-state index is 13.5. The Morgan fingerprint density at radius 3 is 2.48 bits per heavy atom. The minimum Gasteiger partial charge on any atom is -0.423 e. The summed E-state index contributed by atoms with van der Waals surface area (Å²) in [6.07, 6.45) is 9.75. The molecule has 4 heteroatoms. The molecule has 0 radical (unpaired) electrons. The predicted octanol–water partition coefficient (Wildman–Crippen LogP) is 7.18. The summed E-state index contributed by atoms with van der Waals surface area (Å²) in [7, 11) is 0. The molecular weight excluding hydrogens is 387 g/mol. The molecule has 4 unspecified atom stereocenters. The second-order valence-corrected chi connectivity index (χ2v) is 8.83. The summed E-state index contributed by atoms with van der Waals surface area (Å²) in [6.45, 7) is 3.98.